The van der Waals surface area contributed by atoms with E-state index in [2.05, 4.69) is 15.5 Å². The first-order valence-electron chi connectivity index (χ1n) is 10.2. The molecule has 2 heterocycles. The normalized spacial score (nSPS) is 19.6. The van der Waals surface area contributed by atoms with Crippen molar-refractivity contribution in [3.63, 3.8) is 0 Å². The number of carbonyl (C=O) groups excluding carboxylic acids is 1. The summed E-state index contributed by atoms with van der Waals surface area (Å²) in [5.74, 6) is -0.188. The molecule has 2 aromatic carbocycles. The molecule has 1 aliphatic rings. The fourth-order valence-electron chi connectivity index (χ4n) is 3.88. The van der Waals surface area contributed by atoms with Crippen LogP contribution in [-0.2, 0) is 10.0 Å². The Balaban J connectivity index is 1.45. The van der Waals surface area contributed by atoms with Crippen LogP contribution < -0.4 is 5.32 Å². The molecule has 0 radical (unpaired) electrons. The molecule has 3 aromatic rings. The van der Waals surface area contributed by atoms with Gasteiger partial charge in [-0.25, -0.2) is 12.8 Å². The van der Waals surface area contributed by atoms with Crippen molar-refractivity contribution in [3.05, 3.63) is 59.9 Å². The highest BCUT2D eigenvalue weighted by Gasteiger charge is 2.31. The number of nitrogens with one attached hydrogen (secondary N) is 1. The zero-order valence-electron chi connectivity index (χ0n) is 17.7. The van der Waals surface area contributed by atoms with Crippen molar-refractivity contribution in [1.29, 1.82) is 0 Å². The first-order valence-corrected chi connectivity index (χ1v) is 11.7. The maximum Gasteiger partial charge on any atom is 0.322 e. The summed E-state index contributed by atoms with van der Waals surface area (Å²) >= 11 is 0. The van der Waals surface area contributed by atoms with Crippen molar-refractivity contribution >= 4 is 21.9 Å². The predicted octanol–water partition coefficient (Wildman–Crippen LogP) is 3.79. The Morgan fingerprint density at radius 3 is 2.28 bits per heavy atom. The maximum atomic E-state index is 13.0. The average molecular weight is 459 g/mol. The molecule has 1 N–H and O–H groups in total. The number of rotatable bonds is 5. The van der Waals surface area contributed by atoms with Crippen LogP contribution in [0.3, 0.4) is 0 Å². The summed E-state index contributed by atoms with van der Waals surface area (Å²) in [6, 6.07) is 11.1. The Morgan fingerprint density at radius 2 is 1.66 bits per heavy atom. The summed E-state index contributed by atoms with van der Waals surface area (Å²) in [5.41, 5.74) is 0.751. The van der Waals surface area contributed by atoms with E-state index in [4.69, 9.17) is 4.42 Å². The van der Waals surface area contributed by atoms with Gasteiger partial charge in [0.25, 0.3) is 5.91 Å². The minimum absolute atomic E-state index is 0.123. The molecule has 10 heteroatoms. The molecule has 1 aromatic heterocycles. The molecule has 1 fully saturated rings. The zero-order chi connectivity index (χ0) is 22.9. The lowest BCUT2D eigenvalue weighted by Crippen LogP contribution is -2.42. The molecular formula is C22H23FN4O4S. The molecule has 168 valence electrons. The average Bonchev–Trinajstić information content (AvgIpc) is 3.22. The number of anilines is 1. The minimum Gasteiger partial charge on any atom is -0.403 e. The molecule has 0 saturated carbocycles. The van der Waals surface area contributed by atoms with Gasteiger partial charge in [-0.05, 0) is 66.8 Å². The van der Waals surface area contributed by atoms with Crippen molar-refractivity contribution in [2.45, 2.75) is 25.2 Å². The van der Waals surface area contributed by atoms with E-state index in [0.717, 1.165) is 6.42 Å². The minimum atomic E-state index is -3.63. The molecule has 2 atom stereocenters. The van der Waals surface area contributed by atoms with E-state index in [9.17, 15) is 17.6 Å². The van der Waals surface area contributed by atoms with Gasteiger partial charge in [0.15, 0.2) is 0 Å². The molecule has 1 saturated heterocycles. The van der Waals surface area contributed by atoms with Gasteiger partial charge in [-0.1, -0.05) is 18.9 Å². The summed E-state index contributed by atoms with van der Waals surface area (Å²) < 4.78 is 45.9. The molecule has 0 spiro atoms. The van der Waals surface area contributed by atoms with Gasteiger partial charge in [0.05, 0.1) is 4.90 Å². The van der Waals surface area contributed by atoms with Crippen LogP contribution in [0.4, 0.5) is 10.4 Å². The van der Waals surface area contributed by atoms with E-state index >= 15 is 0 Å². The maximum absolute atomic E-state index is 13.0. The Kier molecular flexibility index (Phi) is 6.07. The number of hydrogen-bond donors (Lipinski definition) is 1. The highest BCUT2D eigenvalue weighted by Crippen LogP contribution is 2.27. The number of hydrogen-bond acceptors (Lipinski definition) is 6. The standard InChI is InChI=1S/C22H23FN4O4S/c1-14-11-15(2)13-27(12-14)32(29,30)19-9-5-16(6-10-19)20(28)24-22-26-25-21(31-22)17-3-7-18(23)8-4-17/h3-10,14-15H,11-13H2,1-2H3,(H,24,26,28). The largest absolute Gasteiger partial charge is 0.403 e. The summed E-state index contributed by atoms with van der Waals surface area (Å²) in [6.07, 6.45) is 1.00. The molecule has 32 heavy (non-hydrogen) atoms. The number of aromatic nitrogens is 2. The van der Waals surface area contributed by atoms with Gasteiger partial charge < -0.3 is 4.42 Å². The molecule has 0 aliphatic carbocycles. The van der Waals surface area contributed by atoms with Gasteiger partial charge in [-0.2, -0.15) is 4.31 Å². The third-order valence-corrected chi connectivity index (χ3v) is 7.17. The van der Waals surface area contributed by atoms with Crippen LogP contribution in [0.2, 0.25) is 0 Å². The van der Waals surface area contributed by atoms with Crippen LogP contribution in [0.25, 0.3) is 11.5 Å². The summed E-state index contributed by atoms with van der Waals surface area (Å²) in [6.45, 7) is 5.07. The van der Waals surface area contributed by atoms with E-state index in [0.29, 0.717) is 30.5 Å². The summed E-state index contributed by atoms with van der Waals surface area (Å²) in [7, 11) is -3.63. The van der Waals surface area contributed by atoms with Gasteiger partial charge in [0, 0.05) is 24.2 Å². The third-order valence-electron chi connectivity index (χ3n) is 5.33. The van der Waals surface area contributed by atoms with Crippen molar-refractivity contribution < 1.29 is 22.0 Å². The molecule has 1 aliphatic heterocycles. The van der Waals surface area contributed by atoms with Crippen LogP contribution in [0.1, 0.15) is 30.6 Å². The Morgan fingerprint density at radius 1 is 1.03 bits per heavy atom. The molecule has 4 rings (SSSR count). The van der Waals surface area contributed by atoms with Crippen LogP contribution in [0, 0.1) is 17.7 Å². The molecule has 0 bridgehead atoms. The fourth-order valence-corrected chi connectivity index (χ4v) is 5.56. The topological polar surface area (TPSA) is 105 Å². The second kappa shape index (κ2) is 8.79. The van der Waals surface area contributed by atoms with Crippen molar-refractivity contribution in [3.8, 4) is 11.5 Å². The first kappa shape index (κ1) is 22.1. The number of amides is 1. The summed E-state index contributed by atoms with van der Waals surface area (Å²) in [5, 5.41) is 10.1. The fraction of sp³-hybridized carbons (Fsp3) is 0.318. The first-order chi connectivity index (χ1) is 15.2. The second-order valence-electron chi connectivity index (χ2n) is 8.17. The van der Waals surface area contributed by atoms with Crippen molar-refractivity contribution in [2.75, 3.05) is 18.4 Å². The highest BCUT2D eigenvalue weighted by molar-refractivity contribution is 7.89. The summed E-state index contributed by atoms with van der Waals surface area (Å²) in [4.78, 5) is 12.6. The van der Waals surface area contributed by atoms with E-state index in [-0.39, 0.29) is 22.4 Å². The van der Waals surface area contributed by atoms with Crippen molar-refractivity contribution in [1.82, 2.24) is 14.5 Å². The lowest BCUT2D eigenvalue weighted by molar-refractivity contribution is 0.102. The van der Waals surface area contributed by atoms with E-state index in [1.54, 1.807) is 0 Å². The SMILES string of the molecule is CC1CC(C)CN(S(=O)(=O)c2ccc(C(=O)Nc3nnc(-c4ccc(F)cc4)o3)cc2)C1. The van der Waals surface area contributed by atoms with Gasteiger partial charge in [0.1, 0.15) is 5.82 Å². The Labute approximate surface area is 185 Å². The van der Waals surface area contributed by atoms with E-state index in [1.165, 1.54) is 52.8 Å². The number of carbonyl (C=O) groups is 1. The number of piperidine rings is 1. The zero-order valence-corrected chi connectivity index (χ0v) is 18.5. The van der Waals surface area contributed by atoms with Crippen LogP contribution in [0.15, 0.2) is 57.8 Å². The van der Waals surface area contributed by atoms with Crippen LogP contribution >= 0.6 is 0 Å². The van der Waals surface area contributed by atoms with E-state index < -0.39 is 21.7 Å². The molecule has 2 unspecified atom stereocenters. The highest BCUT2D eigenvalue weighted by atomic mass is 32.2. The van der Waals surface area contributed by atoms with E-state index in [1.807, 2.05) is 13.8 Å². The lowest BCUT2D eigenvalue weighted by Gasteiger charge is -2.34. The Hall–Kier alpha value is -3.11. The number of nitrogens with zero attached hydrogens (tertiary/aromatic N) is 3. The van der Waals surface area contributed by atoms with Crippen LogP contribution in [0.5, 0.6) is 0 Å². The predicted molar refractivity (Wildman–Crippen MR) is 116 cm³/mol. The molecule has 1 amide bonds. The molecule has 8 nitrogen and oxygen atoms in total. The number of sulfonamides is 1. The van der Waals surface area contributed by atoms with Gasteiger partial charge in [-0.15, -0.1) is 5.10 Å². The second-order valence-corrected chi connectivity index (χ2v) is 10.1. The monoisotopic (exact) mass is 458 g/mol. The molecular weight excluding hydrogens is 435 g/mol. The third kappa shape index (κ3) is 4.71. The van der Waals surface area contributed by atoms with Gasteiger partial charge in [0.2, 0.25) is 15.9 Å². The van der Waals surface area contributed by atoms with Crippen molar-refractivity contribution in [2.24, 2.45) is 11.8 Å². The number of benzene rings is 2. The smallest absolute Gasteiger partial charge is 0.322 e. The lowest BCUT2D eigenvalue weighted by atomic mass is 9.94. The van der Waals surface area contributed by atoms with Gasteiger partial charge >= 0.3 is 6.01 Å². The number of halogens is 1. The quantitative estimate of drug-likeness (QED) is 0.624. The van der Waals surface area contributed by atoms with Crippen LogP contribution in [-0.4, -0.2) is 41.9 Å². The Bertz CT molecular complexity index is 1200. The van der Waals surface area contributed by atoms with Gasteiger partial charge in [-0.3, -0.25) is 10.1 Å².